The van der Waals surface area contributed by atoms with Gasteiger partial charge in [0.1, 0.15) is 11.6 Å². The highest BCUT2D eigenvalue weighted by molar-refractivity contribution is 5.79. The summed E-state index contributed by atoms with van der Waals surface area (Å²) in [6.45, 7) is 5.19. The molecule has 126 valence electrons. The van der Waals surface area contributed by atoms with Gasteiger partial charge in [-0.3, -0.25) is 0 Å². The van der Waals surface area contributed by atoms with E-state index in [-0.39, 0.29) is 11.6 Å². The van der Waals surface area contributed by atoms with Crippen molar-refractivity contribution in [3.63, 3.8) is 0 Å². The molecule has 2 aromatic carbocycles. The van der Waals surface area contributed by atoms with E-state index in [4.69, 9.17) is 0 Å². The molecular formula is C20H22F2N2. The predicted octanol–water partition coefficient (Wildman–Crippen LogP) is 3.69. The largest absolute Gasteiger partial charge is 0.314 e. The number of halogens is 2. The van der Waals surface area contributed by atoms with Gasteiger partial charge in [0.2, 0.25) is 0 Å². The number of nitrogens with zero attached hydrogens (tertiary/aromatic N) is 1. The molecule has 0 unspecified atom stereocenters. The fraction of sp³-hybridized carbons (Fsp3) is 0.300. The van der Waals surface area contributed by atoms with Gasteiger partial charge in [0.05, 0.1) is 0 Å². The van der Waals surface area contributed by atoms with Crippen molar-refractivity contribution in [2.75, 3.05) is 32.7 Å². The Labute approximate surface area is 141 Å². The van der Waals surface area contributed by atoms with Gasteiger partial charge in [0.25, 0.3) is 0 Å². The molecule has 0 saturated carbocycles. The third kappa shape index (κ3) is 4.49. The van der Waals surface area contributed by atoms with Gasteiger partial charge < -0.3 is 10.2 Å². The first kappa shape index (κ1) is 16.8. The molecule has 24 heavy (non-hydrogen) atoms. The highest BCUT2D eigenvalue weighted by atomic mass is 19.1. The zero-order valence-corrected chi connectivity index (χ0v) is 13.6. The quantitative estimate of drug-likeness (QED) is 0.900. The smallest absolute Gasteiger partial charge is 0.123 e. The normalized spacial score (nSPS) is 15.2. The van der Waals surface area contributed by atoms with E-state index in [0.717, 1.165) is 55.8 Å². The van der Waals surface area contributed by atoms with Crippen LogP contribution in [0.25, 0.3) is 5.57 Å². The van der Waals surface area contributed by atoms with E-state index in [0.29, 0.717) is 0 Å². The van der Waals surface area contributed by atoms with Crippen LogP contribution in [-0.2, 0) is 0 Å². The van der Waals surface area contributed by atoms with E-state index >= 15 is 0 Å². The Balaban J connectivity index is 1.79. The molecule has 0 atom stereocenters. The second-order valence-electron chi connectivity index (χ2n) is 6.01. The maximum Gasteiger partial charge on any atom is 0.123 e. The Kier molecular flexibility index (Phi) is 5.72. The summed E-state index contributed by atoms with van der Waals surface area (Å²) in [5, 5.41) is 3.35. The fourth-order valence-electron chi connectivity index (χ4n) is 2.99. The molecular weight excluding hydrogens is 306 g/mol. The van der Waals surface area contributed by atoms with Crippen molar-refractivity contribution in [1.82, 2.24) is 10.2 Å². The molecule has 0 aromatic heterocycles. The van der Waals surface area contributed by atoms with Gasteiger partial charge in [-0.25, -0.2) is 8.78 Å². The zero-order chi connectivity index (χ0) is 16.8. The summed E-state index contributed by atoms with van der Waals surface area (Å²) in [6.07, 6.45) is 3.08. The van der Waals surface area contributed by atoms with Gasteiger partial charge in [-0.15, -0.1) is 0 Å². The van der Waals surface area contributed by atoms with E-state index in [1.54, 1.807) is 24.3 Å². The number of nitrogens with one attached hydrogen (secondary N) is 1. The second kappa shape index (κ2) is 8.18. The molecule has 4 heteroatoms. The molecule has 1 heterocycles. The van der Waals surface area contributed by atoms with Crippen molar-refractivity contribution in [2.24, 2.45) is 0 Å². The van der Waals surface area contributed by atoms with Crippen molar-refractivity contribution in [3.05, 3.63) is 77.4 Å². The predicted molar refractivity (Wildman–Crippen MR) is 93.8 cm³/mol. The highest BCUT2D eigenvalue weighted by Crippen LogP contribution is 2.24. The van der Waals surface area contributed by atoms with E-state index in [1.165, 1.54) is 24.3 Å². The molecule has 1 aliphatic rings. The lowest BCUT2D eigenvalue weighted by atomic mass is 9.96. The Hall–Kier alpha value is -2.04. The van der Waals surface area contributed by atoms with Crippen LogP contribution in [0.15, 0.2) is 54.6 Å². The van der Waals surface area contributed by atoms with E-state index < -0.39 is 0 Å². The first-order chi connectivity index (χ1) is 11.7. The minimum atomic E-state index is -0.252. The third-order valence-electron chi connectivity index (χ3n) is 4.31. The Bertz CT molecular complexity index is 624. The molecule has 0 aliphatic carbocycles. The molecule has 3 rings (SSSR count). The topological polar surface area (TPSA) is 15.3 Å². The molecule has 0 bridgehead atoms. The molecule has 2 nitrogen and oxygen atoms in total. The molecule has 1 fully saturated rings. The lowest BCUT2D eigenvalue weighted by Gasteiger charge is -2.26. The standard InChI is InChI=1S/C20H22F2N2/c21-18-7-3-16(4-8-18)20(17-5-9-19(22)10-6-17)2-1-13-24-14-11-23-12-15-24/h2-10,23H,1,11-15H2. The first-order valence-electron chi connectivity index (χ1n) is 8.37. The highest BCUT2D eigenvalue weighted by Gasteiger charge is 2.09. The van der Waals surface area contributed by atoms with Crippen LogP contribution in [0.3, 0.4) is 0 Å². The maximum atomic E-state index is 13.2. The van der Waals surface area contributed by atoms with E-state index in [9.17, 15) is 8.78 Å². The Morgan fingerprint density at radius 1 is 0.875 bits per heavy atom. The molecule has 1 N–H and O–H groups in total. The average molecular weight is 328 g/mol. The molecule has 0 radical (unpaired) electrons. The summed E-state index contributed by atoms with van der Waals surface area (Å²) in [4.78, 5) is 2.43. The van der Waals surface area contributed by atoms with Crippen LogP contribution in [0.4, 0.5) is 8.78 Å². The number of benzene rings is 2. The average Bonchev–Trinajstić information content (AvgIpc) is 2.62. The number of piperazine rings is 1. The maximum absolute atomic E-state index is 13.2. The van der Waals surface area contributed by atoms with Crippen LogP contribution in [0, 0.1) is 11.6 Å². The van der Waals surface area contributed by atoms with Gasteiger partial charge in [0, 0.05) is 32.7 Å². The minimum absolute atomic E-state index is 0.252. The van der Waals surface area contributed by atoms with Crippen molar-refractivity contribution >= 4 is 5.57 Å². The fourth-order valence-corrected chi connectivity index (χ4v) is 2.99. The summed E-state index contributed by atoms with van der Waals surface area (Å²) >= 11 is 0. The Morgan fingerprint density at radius 3 is 1.88 bits per heavy atom. The van der Waals surface area contributed by atoms with Crippen LogP contribution in [0.5, 0.6) is 0 Å². The van der Waals surface area contributed by atoms with Crippen LogP contribution < -0.4 is 5.32 Å². The lowest BCUT2D eigenvalue weighted by Crippen LogP contribution is -2.43. The molecule has 1 aliphatic heterocycles. The molecule has 1 saturated heterocycles. The summed E-state index contributed by atoms with van der Waals surface area (Å²) in [5.41, 5.74) is 2.91. The second-order valence-corrected chi connectivity index (χ2v) is 6.01. The van der Waals surface area contributed by atoms with E-state index in [2.05, 4.69) is 16.3 Å². The lowest BCUT2D eigenvalue weighted by molar-refractivity contribution is 0.245. The number of rotatable bonds is 5. The number of hydrogen-bond donors (Lipinski definition) is 1. The van der Waals surface area contributed by atoms with Crippen molar-refractivity contribution < 1.29 is 8.78 Å². The van der Waals surface area contributed by atoms with Crippen molar-refractivity contribution in [3.8, 4) is 0 Å². The van der Waals surface area contributed by atoms with Gasteiger partial charge >= 0.3 is 0 Å². The van der Waals surface area contributed by atoms with Crippen molar-refractivity contribution in [2.45, 2.75) is 6.42 Å². The van der Waals surface area contributed by atoms with E-state index in [1.807, 2.05) is 0 Å². The third-order valence-corrected chi connectivity index (χ3v) is 4.31. The van der Waals surface area contributed by atoms with Gasteiger partial charge in [-0.1, -0.05) is 30.3 Å². The van der Waals surface area contributed by atoms with Crippen LogP contribution in [0.2, 0.25) is 0 Å². The van der Waals surface area contributed by atoms with Crippen LogP contribution >= 0.6 is 0 Å². The number of hydrogen-bond acceptors (Lipinski definition) is 2. The van der Waals surface area contributed by atoms with Crippen LogP contribution in [-0.4, -0.2) is 37.6 Å². The first-order valence-corrected chi connectivity index (χ1v) is 8.37. The van der Waals surface area contributed by atoms with Crippen LogP contribution in [0.1, 0.15) is 17.5 Å². The zero-order valence-electron chi connectivity index (χ0n) is 13.6. The summed E-state index contributed by atoms with van der Waals surface area (Å²) in [5.74, 6) is -0.504. The van der Waals surface area contributed by atoms with Crippen molar-refractivity contribution in [1.29, 1.82) is 0 Å². The van der Waals surface area contributed by atoms with Gasteiger partial charge in [0.15, 0.2) is 0 Å². The minimum Gasteiger partial charge on any atom is -0.314 e. The SMILES string of the molecule is Fc1ccc(C(=CCCN2CCNCC2)c2ccc(F)cc2)cc1. The molecule has 0 amide bonds. The molecule has 2 aromatic rings. The summed E-state index contributed by atoms with van der Waals surface area (Å²) in [6, 6.07) is 12.9. The monoisotopic (exact) mass is 328 g/mol. The van der Waals surface area contributed by atoms with Gasteiger partial charge in [-0.2, -0.15) is 0 Å². The molecule has 0 spiro atoms. The van der Waals surface area contributed by atoms with Gasteiger partial charge in [-0.05, 0) is 47.4 Å². The Morgan fingerprint density at radius 2 is 1.38 bits per heavy atom. The summed E-state index contributed by atoms with van der Waals surface area (Å²) < 4.78 is 26.4. The summed E-state index contributed by atoms with van der Waals surface area (Å²) in [7, 11) is 0.